The van der Waals surface area contributed by atoms with E-state index in [1.807, 2.05) is 24.3 Å². The molecule has 1 heterocycles. The van der Waals surface area contributed by atoms with Gasteiger partial charge in [0.1, 0.15) is 55.4 Å². The van der Waals surface area contributed by atoms with Crippen molar-refractivity contribution in [1.29, 1.82) is 5.26 Å². The van der Waals surface area contributed by atoms with E-state index in [9.17, 15) is 24.0 Å². The Morgan fingerprint density at radius 1 is 0.871 bits per heavy atom. The van der Waals surface area contributed by atoms with E-state index in [0.717, 1.165) is 11.1 Å². The first kappa shape index (κ1) is 46.6. The summed E-state index contributed by atoms with van der Waals surface area (Å²) in [5.74, 6) is -2.43. The van der Waals surface area contributed by atoms with Gasteiger partial charge in [-0.05, 0) is 97.1 Å². The molecule has 0 radical (unpaired) electrons. The molecule has 0 spiro atoms. The molecule has 1 aliphatic rings. The standard InChI is InChI=1S/C45H52ClN9O7/c1-26-22-30(29-5-9-32(46)10-6-29)7-11-33(26)42(57)53-36(14-15-47)45(60)55(3)40-31-8-13-39(62-21-18-50)35(25-31)34-23-28(4-12-38(34)61-20-17-49)24-37(43(58)51-19-16-48)54-41(56)27(2)52-44(40)59/h4-13,22-23,25,27,36-37,40H,14-15,17-21,24,47,49-50H2,1-3H3,(H,51,58)(H,52,59)(H,53,57)(H,54,56)/t27-,36-,37-,40-/m0/s1. The summed E-state index contributed by atoms with van der Waals surface area (Å²) in [6.45, 7) is 3.64. The molecule has 4 aromatic rings. The average molecular weight is 866 g/mol. The highest BCUT2D eigenvalue weighted by atomic mass is 35.5. The minimum atomic E-state index is -1.38. The van der Waals surface area contributed by atoms with Crippen LogP contribution >= 0.6 is 11.6 Å². The molecule has 1 aliphatic heterocycles. The van der Waals surface area contributed by atoms with Gasteiger partial charge in [-0.25, -0.2) is 0 Å². The quantitative estimate of drug-likeness (QED) is 0.0855. The van der Waals surface area contributed by atoms with Gasteiger partial charge >= 0.3 is 0 Å². The van der Waals surface area contributed by atoms with Crippen LogP contribution in [0.15, 0.2) is 78.9 Å². The Bertz CT molecular complexity index is 2320. The van der Waals surface area contributed by atoms with E-state index in [2.05, 4.69) is 21.3 Å². The van der Waals surface area contributed by atoms with Crippen LogP contribution < -0.4 is 47.9 Å². The van der Waals surface area contributed by atoms with Crippen LogP contribution in [-0.4, -0.2) is 99.0 Å². The van der Waals surface area contributed by atoms with E-state index in [1.165, 1.54) is 18.9 Å². The fourth-order valence-electron chi connectivity index (χ4n) is 7.11. The third-order valence-electron chi connectivity index (χ3n) is 10.3. The van der Waals surface area contributed by atoms with Crippen LogP contribution in [0.5, 0.6) is 11.5 Å². The number of nitriles is 1. The summed E-state index contributed by atoms with van der Waals surface area (Å²) < 4.78 is 12.2. The molecule has 4 atom stereocenters. The maximum absolute atomic E-state index is 14.6. The lowest BCUT2D eigenvalue weighted by Gasteiger charge is -2.32. The van der Waals surface area contributed by atoms with Crippen LogP contribution in [-0.2, 0) is 25.6 Å². The van der Waals surface area contributed by atoms with Crippen molar-refractivity contribution in [3.63, 3.8) is 0 Å². The Morgan fingerprint density at radius 3 is 2.15 bits per heavy atom. The van der Waals surface area contributed by atoms with E-state index in [4.69, 9.17) is 43.5 Å². The predicted molar refractivity (Wildman–Crippen MR) is 235 cm³/mol. The smallest absolute Gasteiger partial charge is 0.252 e. The van der Waals surface area contributed by atoms with Crippen molar-refractivity contribution in [3.8, 4) is 39.8 Å². The number of carbonyl (C=O) groups is 5. The summed E-state index contributed by atoms with van der Waals surface area (Å²) >= 11 is 6.07. The summed E-state index contributed by atoms with van der Waals surface area (Å²) in [5, 5.41) is 20.5. The van der Waals surface area contributed by atoms with Crippen LogP contribution in [0.25, 0.3) is 22.3 Å². The Kier molecular flexibility index (Phi) is 16.4. The first-order chi connectivity index (χ1) is 29.8. The van der Waals surface area contributed by atoms with Crippen molar-refractivity contribution in [2.75, 3.05) is 46.4 Å². The normalized spacial score (nSPS) is 16.6. The van der Waals surface area contributed by atoms with Gasteiger partial charge in [0, 0.05) is 48.3 Å². The number of benzene rings is 4. The molecule has 4 aromatic carbocycles. The lowest BCUT2D eigenvalue weighted by molar-refractivity contribution is -0.141. The number of fused-ring (bicyclic) bond motifs is 5. The van der Waals surface area contributed by atoms with Crippen LogP contribution in [0.4, 0.5) is 0 Å². The third-order valence-corrected chi connectivity index (χ3v) is 10.5. The van der Waals surface area contributed by atoms with E-state index in [0.29, 0.717) is 49.9 Å². The molecule has 326 valence electrons. The largest absolute Gasteiger partial charge is 0.492 e. The van der Waals surface area contributed by atoms with Crippen molar-refractivity contribution < 1.29 is 33.4 Å². The molecule has 0 saturated carbocycles. The van der Waals surface area contributed by atoms with Gasteiger partial charge in [0.25, 0.3) is 5.91 Å². The number of aryl methyl sites for hydroxylation is 1. The second-order valence-electron chi connectivity index (χ2n) is 14.7. The number of nitrogens with one attached hydrogen (secondary N) is 4. The first-order valence-electron chi connectivity index (χ1n) is 20.1. The molecule has 5 amide bonds. The second-order valence-corrected chi connectivity index (χ2v) is 15.2. The molecule has 0 aliphatic carbocycles. The topological polar surface area (TPSA) is 257 Å². The molecule has 5 rings (SSSR count). The first-order valence-corrected chi connectivity index (χ1v) is 20.5. The summed E-state index contributed by atoms with van der Waals surface area (Å²) in [7, 11) is 1.42. The van der Waals surface area contributed by atoms with Crippen LogP contribution in [0.3, 0.4) is 0 Å². The molecule has 4 bridgehead atoms. The second kappa shape index (κ2) is 21.8. The van der Waals surface area contributed by atoms with Gasteiger partial charge in [0.05, 0.1) is 6.07 Å². The SMILES string of the molecule is Cc1cc(-c2ccc(Cl)cc2)ccc1C(=O)N[C@@H](CCN)C(=O)N(C)[C@@H]1C(=O)N[C@@H](C)C(=O)N[C@H](C(=O)NCC#N)Cc2ccc(OCCN)c(c2)-c2cc1ccc2OCCN. The van der Waals surface area contributed by atoms with E-state index in [1.54, 1.807) is 67.6 Å². The van der Waals surface area contributed by atoms with Gasteiger partial charge < -0.3 is 52.8 Å². The highest BCUT2D eigenvalue weighted by Crippen LogP contribution is 2.40. The zero-order valence-electron chi connectivity index (χ0n) is 34.8. The number of nitrogens with zero attached hydrogens (tertiary/aromatic N) is 2. The highest BCUT2D eigenvalue weighted by molar-refractivity contribution is 6.30. The lowest BCUT2D eigenvalue weighted by Crippen LogP contribution is -2.56. The van der Waals surface area contributed by atoms with Crippen molar-refractivity contribution in [2.45, 2.75) is 50.9 Å². The third kappa shape index (κ3) is 11.4. The number of carbonyl (C=O) groups excluding carboxylic acids is 5. The molecule has 17 heteroatoms. The molecule has 62 heavy (non-hydrogen) atoms. The summed E-state index contributed by atoms with van der Waals surface area (Å²) in [5.41, 5.74) is 22.3. The zero-order valence-corrected chi connectivity index (χ0v) is 35.6. The molecule has 16 nitrogen and oxygen atoms in total. The molecular weight excluding hydrogens is 814 g/mol. The van der Waals surface area contributed by atoms with Crippen molar-refractivity contribution in [1.82, 2.24) is 26.2 Å². The van der Waals surface area contributed by atoms with Crippen molar-refractivity contribution in [2.24, 2.45) is 17.2 Å². The zero-order chi connectivity index (χ0) is 44.9. The number of nitrogens with two attached hydrogens (primary N) is 3. The summed E-state index contributed by atoms with van der Waals surface area (Å²) in [6.07, 6.45) is 0.0393. The van der Waals surface area contributed by atoms with E-state index < -0.39 is 53.7 Å². The van der Waals surface area contributed by atoms with E-state index >= 15 is 0 Å². The Morgan fingerprint density at radius 2 is 1.52 bits per heavy atom. The summed E-state index contributed by atoms with van der Waals surface area (Å²) in [6, 6.07) is 19.8. The van der Waals surface area contributed by atoms with Crippen molar-refractivity contribution in [3.05, 3.63) is 106 Å². The number of halogens is 1. The van der Waals surface area contributed by atoms with Crippen LogP contribution in [0.2, 0.25) is 5.02 Å². The minimum Gasteiger partial charge on any atom is -0.492 e. The maximum Gasteiger partial charge on any atom is 0.252 e. The van der Waals surface area contributed by atoms with Crippen molar-refractivity contribution >= 4 is 41.1 Å². The highest BCUT2D eigenvalue weighted by Gasteiger charge is 2.36. The number of hydrogen-bond acceptors (Lipinski definition) is 11. The van der Waals surface area contributed by atoms with Crippen LogP contribution in [0, 0.1) is 18.3 Å². The molecule has 0 saturated heterocycles. The van der Waals surface area contributed by atoms with Gasteiger partial charge in [0.15, 0.2) is 0 Å². The predicted octanol–water partition coefficient (Wildman–Crippen LogP) is 2.49. The van der Waals surface area contributed by atoms with Gasteiger partial charge in [-0.1, -0.05) is 48.0 Å². The summed E-state index contributed by atoms with van der Waals surface area (Å²) in [4.78, 5) is 71.1. The number of likely N-dealkylation sites (N-methyl/N-ethyl adjacent to an activating group) is 1. The molecule has 0 aromatic heterocycles. The Hall–Kier alpha value is -6.51. The minimum absolute atomic E-state index is 0.00660. The van der Waals surface area contributed by atoms with Gasteiger partial charge in [-0.2, -0.15) is 5.26 Å². The fraction of sp³-hybridized carbons (Fsp3) is 0.333. The monoisotopic (exact) mass is 865 g/mol. The Labute approximate surface area is 365 Å². The number of rotatable bonds is 15. The lowest BCUT2D eigenvalue weighted by atomic mass is 9.93. The van der Waals surface area contributed by atoms with Gasteiger partial charge in [-0.3, -0.25) is 24.0 Å². The number of ether oxygens (including phenoxy) is 2. The molecule has 10 N–H and O–H groups in total. The molecule has 0 fully saturated rings. The number of hydrogen-bond donors (Lipinski definition) is 7. The maximum atomic E-state index is 14.6. The molecular formula is C45H52ClN9O7. The average Bonchev–Trinajstić information content (AvgIpc) is 3.26. The fourth-order valence-corrected chi connectivity index (χ4v) is 7.23. The Balaban J connectivity index is 1.58. The number of amides is 5. The van der Waals surface area contributed by atoms with Crippen LogP contribution in [0.1, 0.15) is 46.4 Å². The van der Waals surface area contributed by atoms with Gasteiger partial charge in [0.2, 0.25) is 23.6 Å². The molecule has 0 unspecified atom stereocenters. The van der Waals surface area contributed by atoms with Gasteiger partial charge in [-0.15, -0.1) is 0 Å². The van der Waals surface area contributed by atoms with E-state index in [-0.39, 0.29) is 52.2 Å².